The zero-order valence-corrected chi connectivity index (χ0v) is 11.4. The number of nitrogens with two attached hydrogens (primary N) is 1. The van der Waals surface area contributed by atoms with Gasteiger partial charge in [-0.2, -0.15) is 5.26 Å². The van der Waals surface area contributed by atoms with Gasteiger partial charge < -0.3 is 11.1 Å². The lowest BCUT2D eigenvalue weighted by atomic mass is 10.1. The van der Waals surface area contributed by atoms with Crippen molar-refractivity contribution in [2.45, 2.75) is 0 Å². The zero-order valence-electron chi connectivity index (χ0n) is 9.85. The molecule has 0 aliphatic heterocycles. The number of halogens is 1. The van der Waals surface area contributed by atoms with Gasteiger partial charge in [0.05, 0.1) is 11.6 Å². The molecule has 0 bridgehead atoms. The Morgan fingerprint density at radius 2 is 2.05 bits per heavy atom. The highest BCUT2D eigenvalue weighted by molar-refractivity contribution is 9.10. The van der Waals surface area contributed by atoms with Crippen molar-refractivity contribution in [3.63, 3.8) is 0 Å². The molecule has 0 atom stereocenters. The number of nitrogens with zero attached hydrogens (tertiary/aromatic N) is 1. The Kier molecular flexibility index (Phi) is 3.83. The van der Waals surface area contributed by atoms with Gasteiger partial charge in [-0.05, 0) is 52.3 Å². The Morgan fingerprint density at radius 3 is 2.74 bits per heavy atom. The van der Waals surface area contributed by atoms with Crippen molar-refractivity contribution in [1.82, 2.24) is 0 Å². The SMILES string of the molecule is N#Cc1cccc(C(=O)Nc2ccc(N)c(Br)c2)c1. The second-order valence-electron chi connectivity index (χ2n) is 3.88. The molecule has 0 heterocycles. The fourth-order valence-corrected chi connectivity index (χ4v) is 1.92. The highest BCUT2D eigenvalue weighted by Crippen LogP contribution is 2.23. The molecule has 0 saturated carbocycles. The van der Waals surface area contributed by atoms with Crippen LogP contribution in [0.5, 0.6) is 0 Å². The Bertz CT molecular complexity index is 677. The minimum atomic E-state index is -0.270. The van der Waals surface area contributed by atoms with Crippen molar-refractivity contribution in [2.24, 2.45) is 0 Å². The van der Waals surface area contributed by atoms with E-state index in [-0.39, 0.29) is 5.91 Å². The molecular weight excluding hydrogens is 306 g/mol. The number of carbonyl (C=O) groups excluding carboxylic acids is 1. The lowest BCUT2D eigenvalue weighted by Gasteiger charge is -2.07. The molecular formula is C14H10BrN3O. The minimum absolute atomic E-state index is 0.270. The second kappa shape index (κ2) is 5.55. The topological polar surface area (TPSA) is 78.9 Å². The highest BCUT2D eigenvalue weighted by atomic mass is 79.9. The molecule has 1 amide bonds. The summed E-state index contributed by atoms with van der Waals surface area (Å²) in [5.41, 5.74) is 7.79. The van der Waals surface area contributed by atoms with E-state index in [0.29, 0.717) is 22.5 Å². The third-order valence-corrected chi connectivity index (χ3v) is 3.20. The Hall–Kier alpha value is -2.32. The van der Waals surface area contributed by atoms with Gasteiger partial charge in [0.1, 0.15) is 0 Å². The summed E-state index contributed by atoms with van der Waals surface area (Å²) in [4.78, 5) is 12.0. The van der Waals surface area contributed by atoms with Crippen molar-refractivity contribution in [2.75, 3.05) is 11.1 Å². The second-order valence-corrected chi connectivity index (χ2v) is 4.74. The van der Waals surface area contributed by atoms with Crippen LogP contribution in [0.2, 0.25) is 0 Å². The number of hydrogen-bond donors (Lipinski definition) is 2. The van der Waals surface area contributed by atoms with Gasteiger partial charge in [-0.25, -0.2) is 0 Å². The molecule has 0 spiro atoms. The number of rotatable bonds is 2. The number of nitriles is 1. The van der Waals surface area contributed by atoms with Crippen LogP contribution in [-0.2, 0) is 0 Å². The van der Waals surface area contributed by atoms with Crippen molar-refractivity contribution >= 4 is 33.2 Å². The highest BCUT2D eigenvalue weighted by Gasteiger charge is 2.07. The third kappa shape index (κ3) is 3.12. The van der Waals surface area contributed by atoms with E-state index < -0.39 is 0 Å². The monoisotopic (exact) mass is 315 g/mol. The molecule has 0 aliphatic rings. The largest absolute Gasteiger partial charge is 0.398 e. The Morgan fingerprint density at radius 1 is 1.26 bits per heavy atom. The summed E-state index contributed by atoms with van der Waals surface area (Å²) < 4.78 is 0.719. The Labute approximate surface area is 119 Å². The summed E-state index contributed by atoms with van der Waals surface area (Å²) in [7, 11) is 0. The molecule has 0 saturated heterocycles. The van der Waals surface area contributed by atoms with E-state index in [9.17, 15) is 4.79 Å². The average Bonchev–Trinajstić information content (AvgIpc) is 2.43. The van der Waals surface area contributed by atoms with Crippen LogP contribution < -0.4 is 11.1 Å². The molecule has 2 aromatic rings. The molecule has 4 nitrogen and oxygen atoms in total. The van der Waals surface area contributed by atoms with Gasteiger partial charge in [-0.3, -0.25) is 4.79 Å². The number of carbonyl (C=O) groups is 1. The zero-order chi connectivity index (χ0) is 13.8. The molecule has 0 unspecified atom stereocenters. The number of benzene rings is 2. The minimum Gasteiger partial charge on any atom is -0.398 e. The summed E-state index contributed by atoms with van der Waals surface area (Å²) in [6.07, 6.45) is 0. The van der Waals surface area contributed by atoms with Gasteiger partial charge in [-0.15, -0.1) is 0 Å². The number of amides is 1. The van der Waals surface area contributed by atoms with E-state index in [1.807, 2.05) is 6.07 Å². The summed E-state index contributed by atoms with van der Waals surface area (Å²) >= 11 is 3.30. The number of nitrogen functional groups attached to an aromatic ring is 1. The standard InChI is InChI=1S/C14H10BrN3O/c15-12-7-11(4-5-13(12)17)18-14(19)10-3-1-2-9(6-10)8-16/h1-7H,17H2,(H,18,19). The first kappa shape index (κ1) is 13.1. The normalized spacial score (nSPS) is 9.68. The lowest BCUT2D eigenvalue weighted by Crippen LogP contribution is -2.12. The molecule has 94 valence electrons. The first-order valence-electron chi connectivity index (χ1n) is 5.46. The van der Waals surface area contributed by atoms with Gasteiger partial charge in [0.2, 0.25) is 0 Å². The molecule has 2 rings (SSSR count). The van der Waals surface area contributed by atoms with Gasteiger partial charge in [0.15, 0.2) is 0 Å². The predicted octanol–water partition coefficient (Wildman–Crippen LogP) is 3.16. The quantitative estimate of drug-likeness (QED) is 0.835. The van der Waals surface area contributed by atoms with Gasteiger partial charge >= 0.3 is 0 Å². The van der Waals surface area contributed by atoms with Crippen LogP contribution in [0, 0.1) is 11.3 Å². The number of anilines is 2. The number of nitrogens with one attached hydrogen (secondary N) is 1. The fourth-order valence-electron chi connectivity index (χ4n) is 1.54. The van der Waals surface area contributed by atoms with E-state index in [4.69, 9.17) is 11.0 Å². The molecule has 2 aromatic carbocycles. The van der Waals surface area contributed by atoms with Crippen LogP contribution >= 0.6 is 15.9 Å². The summed E-state index contributed by atoms with van der Waals surface area (Å²) in [5, 5.41) is 11.5. The van der Waals surface area contributed by atoms with E-state index in [1.165, 1.54) is 0 Å². The molecule has 0 fully saturated rings. The van der Waals surface area contributed by atoms with Crippen LogP contribution in [0.1, 0.15) is 15.9 Å². The molecule has 0 aliphatic carbocycles. The van der Waals surface area contributed by atoms with Crippen molar-refractivity contribution < 1.29 is 4.79 Å². The predicted molar refractivity (Wildman–Crippen MR) is 77.7 cm³/mol. The van der Waals surface area contributed by atoms with E-state index >= 15 is 0 Å². The molecule has 3 N–H and O–H groups in total. The summed E-state index contributed by atoms with van der Waals surface area (Å²) in [6, 6.07) is 13.7. The maximum absolute atomic E-state index is 12.0. The van der Waals surface area contributed by atoms with E-state index in [0.717, 1.165) is 4.47 Å². The third-order valence-electron chi connectivity index (χ3n) is 2.51. The van der Waals surface area contributed by atoms with Crippen LogP contribution in [0.15, 0.2) is 46.9 Å². The van der Waals surface area contributed by atoms with Gasteiger partial charge in [0, 0.05) is 21.4 Å². The van der Waals surface area contributed by atoms with Crippen LogP contribution in [0.3, 0.4) is 0 Å². The smallest absolute Gasteiger partial charge is 0.255 e. The first-order chi connectivity index (χ1) is 9.10. The van der Waals surface area contributed by atoms with Crippen molar-refractivity contribution in [1.29, 1.82) is 5.26 Å². The maximum Gasteiger partial charge on any atom is 0.255 e. The fraction of sp³-hybridized carbons (Fsp3) is 0. The molecule has 19 heavy (non-hydrogen) atoms. The lowest BCUT2D eigenvalue weighted by molar-refractivity contribution is 0.102. The van der Waals surface area contributed by atoms with Crippen LogP contribution in [0.4, 0.5) is 11.4 Å². The van der Waals surface area contributed by atoms with Gasteiger partial charge in [-0.1, -0.05) is 6.07 Å². The maximum atomic E-state index is 12.0. The Balaban J connectivity index is 2.21. The van der Waals surface area contributed by atoms with Crippen molar-refractivity contribution in [3.8, 4) is 6.07 Å². The summed E-state index contributed by atoms with van der Waals surface area (Å²) in [6.45, 7) is 0. The molecule has 5 heteroatoms. The van der Waals surface area contributed by atoms with E-state index in [1.54, 1.807) is 42.5 Å². The van der Waals surface area contributed by atoms with Crippen LogP contribution in [-0.4, -0.2) is 5.91 Å². The molecule has 0 aromatic heterocycles. The van der Waals surface area contributed by atoms with E-state index in [2.05, 4.69) is 21.2 Å². The van der Waals surface area contributed by atoms with Crippen LogP contribution in [0.25, 0.3) is 0 Å². The average molecular weight is 316 g/mol. The van der Waals surface area contributed by atoms with Crippen molar-refractivity contribution in [3.05, 3.63) is 58.1 Å². The molecule has 0 radical (unpaired) electrons. The number of hydrogen-bond acceptors (Lipinski definition) is 3. The summed E-state index contributed by atoms with van der Waals surface area (Å²) in [5.74, 6) is -0.270. The van der Waals surface area contributed by atoms with Gasteiger partial charge in [0.25, 0.3) is 5.91 Å². The first-order valence-corrected chi connectivity index (χ1v) is 6.26.